The Kier molecular flexibility index (Phi) is 3.40. The molecule has 1 aliphatic heterocycles. The van der Waals surface area contributed by atoms with Gasteiger partial charge in [0.25, 0.3) is 0 Å². The van der Waals surface area contributed by atoms with E-state index in [2.05, 4.69) is 45.9 Å². The third kappa shape index (κ3) is 2.95. The Morgan fingerprint density at radius 3 is 2.71 bits per heavy atom. The van der Waals surface area contributed by atoms with Gasteiger partial charge in [-0.25, -0.2) is 0 Å². The first kappa shape index (κ1) is 12.8. The van der Waals surface area contributed by atoms with Gasteiger partial charge in [-0.1, -0.05) is 26.0 Å². The molecule has 0 saturated carbocycles. The summed E-state index contributed by atoms with van der Waals surface area (Å²) < 4.78 is 5.87. The van der Waals surface area contributed by atoms with Crippen molar-refractivity contribution in [2.24, 2.45) is 5.92 Å². The second kappa shape index (κ2) is 4.53. The average Bonchev–Trinajstić information content (AvgIpc) is 2.48. The van der Waals surface area contributed by atoms with Gasteiger partial charge in [0.1, 0.15) is 11.4 Å². The lowest BCUT2D eigenvalue weighted by molar-refractivity contribution is 0.138. The molecule has 1 aromatic rings. The summed E-state index contributed by atoms with van der Waals surface area (Å²) >= 11 is 6.43. The Labute approximate surface area is 109 Å². The molecule has 94 valence electrons. The van der Waals surface area contributed by atoms with E-state index in [1.54, 1.807) is 0 Å². The summed E-state index contributed by atoms with van der Waals surface area (Å²) in [5.74, 6) is 1.64. The predicted molar refractivity (Wildman–Crippen MR) is 72.9 cm³/mol. The monoisotopic (exact) mass is 252 g/mol. The number of hydrogen-bond donors (Lipinski definition) is 0. The van der Waals surface area contributed by atoms with Crippen LogP contribution in [0.25, 0.3) is 0 Å². The summed E-state index contributed by atoms with van der Waals surface area (Å²) in [6.45, 7) is 8.65. The molecule has 1 atom stereocenters. The summed E-state index contributed by atoms with van der Waals surface area (Å²) in [6, 6.07) is 6.37. The molecule has 0 bridgehead atoms. The number of ether oxygens (including phenoxy) is 1. The van der Waals surface area contributed by atoms with E-state index in [9.17, 15) is 0 Å². The van der Waals surface area contributed by atoms with E-state index in [4.69, 9.17) is 16.3 Å². The Balaban J connectivity index is 2.19. The standard InChI is InChI=1S/C15H21ClO/c1-10(2)7-13(16)11-5-6-14-12(8-11)9-15(3,4)17-14/h5-6,8,10,13H,7,9H2,1-4H3. The van der Waals surface area contributed by atoms with Crippen LogP contribution in [0.3, 0.4) is 0 Å². The zero-order valence-electron chi connectivity index (χ0n) is 11.1. The number of halogens is 1. The molecule has 2 rings (SSSR count). The molecule has 0 fully saturated rings. The third-order valence-electron chi connectivity index (χ3n) is 3.13. The van der Waals surface area contributed by atoms with E-state index in [0.29, 0.717) is 5.92 Å². The van der Waals surface area contributed by atoms with Gasteiger partial charge in [-0.2, -0.15) is 0 Å². The summed E-state index contributed by atoms with van der Waals surface area (Å²) in [7, 11) is 0. The molecule has 0 spiro atoms. The fourth-order valence-corrected chi connectivity index (χ4v) is 2.87. The minimum absolute atomic E-state index is 0.0686. The quantitative estimate of drug-likeness (QED) is 0.707. The first-order valence-electron chi connectivity index (χ1n) is 6.33. The molecule has 1 aliphatic rings. The summed E-state index contributed by atoms with van der Waals surface area (Å²) in [4.78, 5) is 0. The molecule has 1 aromatic carbocycles. The molecule has 0 N–H and O–H groups in total. The van der Waals surface area contributed by atoms with Crippen molar-refractivity contribution in [3.63, 3.8) is 0 Å². The summed E-state index contributed by atoms with van der Waals surface area (Å²) in [5, 5.41) is 0.115. The summed E-state index contributed by atoms with van der Waals surface area (Å²) in [6.07, 6.45) is 1.99. The Morgan fingerprint density at radius 1 is 1.35 bits per heavy atom. The smallest absolute Gasteiger partial charge is 0.123 e. The van der Waals surface area contributed by atoms with Crippen molar-refractivity contribution in [1.82, 2.24) is 0 Å². The van der Waals surface area contributed by atoms with Crippen molar-refractivity contribution in [2.75, 3.05) is 0 Å². The highest BCUT2D eigenvalue weighted by molar-refractivity contribution is 6.20. The number of benzene rings is 1. The van der Waals surface area contributed by atoms with Crippen molar-refractivity contribution in [3.05, 3.63) is 29.3 Å². The van der Waals surface area contributed by atoms with Gasteiger partial charge in [0.2, 0.25) is 0 Å². The largest absolute Gasteiger partial charge is 0.487 e. The fourth-order valence-electron chi connectivity index (χ4n) is 2.37. The molecular formula is C15H21ClO. The fraction of sp³-hybridized carbons (Fsp3) is 0.600. The molecular weight excluding hydrogens is 232 g/mol. The van der Waals surface area contributed by atoms with Gasteiger partial charge >= 0.3 is 0 Å². The lowest BCUT2D eigenvalue weighted by Gasteiger charge is -2.16. The van der Waals surface area contributed by atoms with Gasteiger partial charge in [-0.15, -0.1) is 11.6 Å². The second-order valence-corrected chi connectivity index (χ2v) is 6.53. The Bertz CT molecular complexity index is 409. The van der Waals surface area contributed by atoms with Crippen LogP contribution in [0, 0.1) is 5.92 Å². The highest BCUT2D eigenvalue weighted by Crippen LogP contribution is 2.38. The molecule has 0 amide bonds. The van der Waals surface area contributed by atoms with E-state index in [-0.39, 0.29) is 11.0 Å². The maximum atomic E-state index is 6.43. The van der Waals surface area contributed by atoms with Crippen LogP contribution >= 0.6 is 11.6 Å². The minimum atomic E-state index is -0.0686. The summed E-state index contributed by atoms with van der Waals surface area (Å²) in [5.41, 5.74) is 2.45. The number of rotatable bonds is 3. The number of hydrogen-bond acceptors (Lipinski definition) is 1. The van der Waals surface area contributed by atoms with Crippen LogP contribution in [0.2, 0.25) is 0 Å². The first-order valence-corrected chi connectivity index (χ1v) is 6.77. The van der Waals surface area contributed by atoms with Crippen LogP contribution in [0.1, 0.15) is 50.6 Å². The Hall–Kier alpha value is -0.690. The van der Waals surface area contributed by atoms with E-state index in [1.165, 1.54) is 11.1 Å². The van der Waals surface area contributed by atoms with Gasteiger partial charge in [0.05, 0.1) is 5.38 Å². The van der Waals surface area contributed by atoms with E-state index >= 15 is 0 Å². The van der Waals surface area contributed by atoms with E-state index in [0.717, 1.165) is 18.6 Å². The molecule has 1 nitrogen and oxygen atoms in total. The lowest BCUT2D eigenvalue weighted by atomic mass is 9.97. The van der Waals surface area contributed by atoms with Crippen molar-refractivity contribution < 1.29 is 4.74 Å². The van der Waals surface area contributed by atoms with Gasteiger partial charge in [0, 0.05) is 6.42 Å². The second-order valence-electron chi connectivity index (χ2n) is 6.00. The molecule has 2 heteroatoms. The maximum Gasteiger partial charge on any atom is 0.123 e. The molecule has 1 heterocycles. The third-order valence-corrected chi connectivity index (χ3v) is 3.56. The molecule has 17 heavy (non-hydrogen) atoms. The van der Waals surface area contributed by atoms with Crippen LogP contribution in [-0.4, -0.2) is 5.60 Å². The molecule has 1 unspecified atom stereocenters. The molecule has 0 aromatic heterocycles. The van der Waals surface area contributed by atoms with Crippen molar-refractivity contribution in [3.8, 4) is 5.75 Å². The number of alkyl halides is 1. The van der Waals surface area contributed by atoms with Crippen LogP contribution in [0.15, 0.2) is 18.2 Å². The normalized spacial score (nSPS) is 18.9. The van der Waals surface area contributed by atoms with Crippen LogP contribution < -0.4 is 4.74 Å². The van der Waals surface area contributed by atoms with Crippen LogP contribution in [0.4, 0.5) is 0 Å². The van der Waals surface area contributed by atoms with Crippen molar-refractivity contribution in [1.29, 1.82) is 0 Å². The average molecular weight is 253 g/mol. The van der Waals surface area contributed by atoms with Crippen LogP contribution in [0.5, 0.6) is 5.75 Å². The maximum absolute atomic E-state index is 6.43. The van der Waals surface area contributed by atoms with Gasteiger partial charge in [-0.3, -0.25) is 0 Å². The highest BCUT2D eigenvalue weighted by atomic mass is 35.5. The predicted octanol–water partition coefficient (Wildman–Crippen LogP) is 4.73. The minimum Gasteiger partial charge on any atom is -0.487 e. The molecule has 0 aliphatic carbocycles. The highest BCUT2D eigenvalue weighted by Gasteiger charge is 2.30. The molecule has 0 saturated heterocycles. The first-order chi connectivity index (χ1) is 7.87. The Morgan fingerprint density at radius 2 is 2.06 bits per heavy atom. The van der Waals surface area contributed by atoms with Crippen LogP contribution in [-0.2, 0) is 6.42 Å². The van der Waals surface area contributed by atoms with Gasteiger partial charge in [-0.05, 0) is 43.4 Å². The van der Waals surface area contributed by atoms with E-state index in [1.807, 2.05) is 0 Å². The zero-order chi connectivity index (χ0) is 12.6. The molecule has 0 radical (unpaired) electrons. The van der Waals surface area contributed by atoms with Gasteiger partial charge < -0.3 is 4.74 Å². The van der Waals surface area contributed by atoms with E-state index < -0.39 is 0 Å². The lowest BCUT2D eigenvalue weighted by Crippen LogP contribution is -2.24. The topological polar surface area (TPSA) is 9.23 Å². The van der Waals surface area contributed by atoms with Gasteiger partial charge in [0.15, 0.2) is 0 Å². The zero-order valence-corrected chi connectivity index (χ0v) is 11.8. The van der Waals surface area contributed by atoms with Crippen molar-refractivity contribution >= 4 is 11.6 Å². The SMILES string of the molecule is CC(C)CC(Cl)c1ccc2c(c1)CC(C)(C)O2. The van der Waals surface area contributed by atoms with Crippen molar-refractivity contribution in [2.45, 2.75) is 51.5 Å². The number of fused-ring (bicyclic) bond motifs is 1.